The molecule has 5 nitrogen and oxygen atoms in total. The Morgan fingerprint density at radius 2 is 1.54 bits per heavy atom. The van der Waals surface area contributed by atoms with Crippen LogP contribution in [0.4, 0.5) is 15.8 Å². The Hall–Kier alpha value is -2.73. The second kappa shape index (κ2) is 8.21. The van der Waals surface area contributed by atoms with Gasteiger partial charge in [0.05, 0.1) is 18.8 Å². The number of carbonyl (C=O) groups is 2. The minimum absolute atomic E-state index is 0.0182. The van der Waals surface area contributed by atoms with Crippen LogP contribution in [0.5, 0.6) is 0 Å². The first-order valence-corrected chi connectivity index (χ1v) is 7.53. The third-order valence-corrected chi connectivity index (χ3v) is 3.31. The largest absolute Gasteiger partial charge is 0.325 e. The minimum Gasteiger partial charge on any atom is -0.325 e. The van der Waals surface area contributed by atoms with Crippen LogP contribution >= 0.6 is 0 Å². The van der Waals surface area contributed by atoms with E-state index in [1.54, 1.807) is 24.1 Å². The topological polar surface area (TPSA) is 61.4 Å². The molecule has 0 bridgehead atoms. The fourth-order valence-electron chi connectivity index (χ4n) is 2.14. The van der Waals surface area contributed by atoms with E-state index in [0.29, 0.717) is 5.69 Å². The van der Waals surface area contributed by atoms with Gasteiger partial charge in [-0.2, -0.15) is 0 Å². The Morgan fingerprint density at radius 1 is 0.958 bits per heavy atom. The zero-order chi connectivity index (χ0) is 17.5. The number of aryl methyl sites for hydroxylation is 1. The summed E-state index contributed by atoms with van der Waals surface area (Å²) in [6.07, 6.45) is 0. The van der Waals surface area contributed by atoms with E-state index in [4.69, 9.17) is 0 Å². The van der Waals surface area contributed by atoms with Gasteiger partial charge in [-0.15, -0.1) is 0 Å². The molecule has 2 aromatic rings. The molecule has 2 rings (SSSR count). The van der Waals surface area contributed by atoms with Crippen molar-refractivity contribution in [1.82, 2.24) is 4.90 Å². The monoisotopic (exact) mass is 329 g/mol. The van der Waals surface area contributed by atoms with Gasteiger partial charge in [-0.1, -0.05) is 29.8 Å². The molecule has 0 unspecified atom stereocenters. The molecule has 2 aromatic carbocycles. The molecular weight excluding hydrogens is 309 g/mol. The Balaban J connectivity index is 1.80. The summed E-state index contributed by atoms with van der Waals surface area (Å²) in [7, 11) is 1.65. The summed E-state index contributed by atoms with van der Waals surface area (Å²) in [5, 5.41) is 5.24. The van der Waals surface area contributed by atoms with Crippen molar-refractivity contribution in [3.05, 3.63) is 59.9 Å². The van der Waals surface area contributed by atoms with E-state index in [1.165, 1.54) is 12.1 Å². The molecule has 24 heavy (non-hydrogen) atoms. The number of hydrogen-bond acceptors (Lipinski definition) is 3. The van der Waals surface area contributed by atoms with Gasteiger partial charge >= 0.3 is 0 Å². The molecule has 0 saturated carbocycles. The molecule has 0 radical (unpaired) electrons. The summed E-state index contributed by atoms with van der Waals surface area (Å²) >= 11 is 0. The maximum absolute atomic E-state index is 13.5. The zero-order valence-electron chi connectivity index (χ0n) is 13.7. The first-order chi connectivity index (χ1) is 11.4. The third kappa shape index (κ3) is 5.48. The number of hydrogen-bond donors (Lipinski definition) is 2. The van der Waals surface area contributed by atoms with Crippen LogP contribution in [-0.4, -0.2) is 36.9 Å². The normalized spacial score (nSPS) is 10.5. The highest BCUT2D eigenvalue weighted by molar-refractivity contribution is 5.94. The Morgan fingerprint density at radius 3 is 2.17 bits per heavy atom. The summed E-state index contributed by atoms with van der Waals surface area (Å²) in [5.74, 6) is -1.10. The van der Waals surface area contributed by atoms with Gasteiger partial charge in [0, 0.05) is 5.69 Å². The van der Waals surface area contributed by atoms with E-state index in [1.807, 2.05) is 31.2 Å². The van der Waals surface area contributed by atoms with Crippen LogP contribution in [0.2, 0.25) is 0 Å². The van der Waals surface area contributed by atoms with Crippen LogP contribution in [-0.2, 0) is 9.59 Å². The van der Waals surface area contributed by atoms with Gasteiger partial charge in [0.25, 0.3) is 0 Å². The van der Waals surface area contributed by atoms with E-state index in [9.17, 15) is 14.0 Å². The maximum Gasteiger partial charge on any atom is 0.238 e. The Labute approximate surface area is 140 Å². The van der Waals surface area contributed by atoms with Gasteiger partial charge in [0.1, 0.15) is 5.82 Å². The minimum atomic E-state index is -0.495. The Bertz CT molecular complexity index is 716. The fourth-order valence-corrected chi connectivity index (χ4v) is 2.14. The van der Waals surface area contributed by atoms with Crippen molar-refractivity contribution in [2.24, 2.45) is 0 Å². The molecule has 0 aliphatic rings. The fraction of sp³-hybridized carbons (Fsp3) is 0.222. The number of nitrogens with one attached hydrogen (secondary N) is 2. The van der Waals surface area contributed by atoms with Crippen LogP contribution < -0.4 is 10.6 Å². The molecule has 0 aliphatic heterocycles. The smallest absolute Gasteiger partial charge is 0.238 e. The number of halogens is 1. The molecule has 0 saturated heterocycles. The lowest BCUT2D eigenvalue weighted by Crippen LogP contribution is -2.36. The van der Waals surface area contributed by atoms with Crippen LogP contribution in [0.3, 0.4) is 0 Å². The average molecular weight is 329 g/mol. The van der Waals surface area contributed by atoms with E-state index in [0.717, 1.165) is 5.56 Å². The predicted molar refractivity (Wildman–Crippen MR) is 92.3 cm³/mol. The van der Waals surface area contributed by atoms with Gasteiger partial charge in [-0.25, -0.2) is 4.39 Å². The predicted octanol–water partition coefficient (Wildman–Crippen LogP) is 2.64. The second-order valence-corrected chi connectivity index (χ2v) is 5.61. The van der Waals surface area contributed by atoms with Gasteiger partial charge < -0.3 is 10.6 Å². The lowest BCUT2D eigenvalue weighted by molar-refractivity contribution is -0.119. The standard InChI is InChI=1S/C18H20FN3O2/c1-13-7-9-14(10-8-13)20-17(23)11-22(2)12-18(24)21-16-6-4-3-5-15(16)19/h3-10H,11-12H2,1-2H3,(H,20,23)(H,21,24). The lowest BCUT2D eigenvalue weighted by Gasteiger charge is -2.16. The highest BCUT2D eigenvalue weighted by Crippen LogP contribution is 2.12. The number of rotatable bonds is 6. The lowest BCUT2D eigenvalue weighted by atomic mass is 10.2. The molecular formula is C18H20FN3O2. The van der Waals surface area contributed by atoms with Crippen molar-refractivity contribution >= 4 is 23.2 Å². The molecule has 0 aromatic heterocycles. The van der Waals surface area contributed by atoms with Crippen LogP contribution in [0.1, 0.15) is 5.56 Å². The summed E-state index contributed by atoms with van der Waals surface area (Å²) in [5.41, 5.74) is 1.93. The number of nitrogens with zero attached hydrogens (tertiary/aromatic N) is 1. The molecule has 2 N–H and O–H groups in total. The summed E-state index contributed by atoms with van der Waals surface area (Å²) in [6.45, 7) is 2.00. The second-order valence-electron chi connectivity index (χ2n) is 5.61. The van der Waals surface area contributed by atoms with Gasteiger partial charge in [-0.05, 0) is 38.2 Å². The molecule has 0 spiro atoms. The number of amides is 2. The van der Waals surface area contributed by atoms with Crippen LogP contribution in [0.15, 0.2) is 48.5 Å². The summed E-state index contributed by atoms with van der Waals surface area (Å²) < 4.78 is 13.5. The molecule has 2 amide bonds. The van der Waals surface area contributed by atoms with Crippen molar-refractivity contribution < 1.29 is 14.0 Å². The average Bonchev–Trinajstić information content (AvgIpc) is 2.51. The van der Waals surface area contributed by atoms with Crippen molar-refractivity contribution in [3.63, 3.8) is 0 Å². The van der Waals surface area contributed by atoms with Gasteiger partial charge in [-0.3, -0.25) is 14.5 Å². The van der Waals surface area contributed by atoms with Crippen molar-refractivity contribution in [1.29, 1.82) is 0 Å². The number of anilines is 2. The number of para-hydroxylation sites is 1. The number of carbonyl (C=O) groups excluding carboxylic acids is 2. The van der Waals surface area contributed by atoms with Crippen LogP contribution in [0, 0.1) is 12.7 Å². The first kappa shape index (κ1) is 17.6. The van der Waals surface area contributed by atoms with Gasteiger partial charge in [0.15, 0.2) is 0 Å². The molecule has 0 aliphatic carbocycles. The SMILES string of the molecule is Cc1ccc(NC(=O)CN(C)CC(=O)Nc2ccccc2F)cc1. The number of likely N-dealkylation sites (N-methyl/N-ethyl adjacent to an activating group) is 1. The molecule has 126 valence electrons. The van der Waals surface area contributed by atoms with Gasteiger partial charge in [0.2, 0.25) is 11.8 Å². The van der Waals surface area contributed by atoms with Crippen molar-refractivity contribution in [2.45, 2.75) is 6.92 Å². The molecule has 6 heteroatoms. The zero-order valence-corrected chi connectivity index (χ0v) is 13.7. The third-order valence-electron chi connectivity index (χ3n) is 3.31. The number of benzene rings is 2. The first-order valence-electron chi connectivity index (χ1n) is 7.53. The van der Waals surface area contributed by atoms with E-state index in [-0.39, 0.29) is 30.6 Å². The van der Waals surface area contributed by atoms with Crippen molar-refractivity contribution in [3.8, 4) is 0 Å². The highest BCUT2D eigenvalue weighted by atomic mass is 19.1. The maximum atomic E-state index is 13.5. The Kier molecular flexibility index (Phi) is 6.03. The molecule has 0 fully saturated rings. The molecule has 0 heterocycles. The summed E-state index contributed by atoms with van der Waals surface area (Å²) in [4.78, 5) is 25.4. The van der Waals surface area contributed by atoms with E-state index < -0.39 is 5.82 Å². The summed E-state index contributed by atoms with van der Waals surface area (Å²) in [6, 6.07) is 13.4. The quantitative estimate of drug-likeness (QED) is 0.856. The molecule has 0 atom stereocenters. The van der Waals surface area contributed by atoms with E-state index in [2.05, 4.69) is 10.6 Å². The van der Waals surface area contributed by atoms with Crippen LogP contribution in [0.25, 0.3) is 0 Å². The highest BCUT2D eigenvalue weighted by Gasteiger charge is 2.12. The van der Waals surface area contributed by atoms with E-state index >= 15 is 0 Å². The van der Waals surface area contributed by atoms with Crippen molar-refractivity contribution in [2.75, 3.05) is 30.8 Å².